The molecule has 5 nitrogen and oxygen atoms in total. The first kappa shape index (κ1) is 23.1. The van der Waals surface area contributed by atoms with E-state index in [1.165, 1.54) is 24.0 Å². The molecule has 5 rings (SSSR count). The molecule has 1 heterocycles. The maximum absolute atomic E-state index is 13.2. The molecule has 34 heavy (non-hydrogen) atoms. The van der Waals surface area contributed by atoms with Crippen LogP contribution in [-0.2, 0) is 9.59 Å². The van der Waals surface area contributed by atoms with Crippen LogP contribution in [0.3, 0.4) is 0 Å². The number of carbonyl (C=O) groups is 2. The monoisotopic (exact) mass is 459 g/mol. The number of piperazine rings is 1. The quantitative estimate of drug-likeness (QED) is 0.703. The zero-order valence-electron chi connectivity index (χ0n) is 20.2. The average molecular weight is 460 g/mol. The van der Waals surface area contributed by atoms with E-state index in [2.05, 4.69) is 77.8 Å². The van der Waals surface area contributed by atoms with Crippen LogP contribution in [0.25, 0.3) is 0 Å². The van der Waals surface area contributed by atoms with Crippen molar-refractivity contribution in [1.82, 2.24) is 15.1 Å². The van der Waals surface area contributed by atoms with Gasteiger partial charge in [0, 0.05) is 32.2 Å². The van der Waals surface area contributed by atoms with Gasteiger partial charge in [0.05, 0.1) is 17.9 Å². The number of rotatable bonds is 6. The Balaban J connectivity index is 1.16. The summed E-state index contributed by atoms with van der Waals surface area (Å²) in [6.07, 6.45) is 5.24. The molecule has 0 bridgehead atoms. The van der Waals surface area contributed by atoms with Gasteiger partial charge in [0.1, 0.15) is 0 Å². The number of hydrogen-bond donors (Lipinski definition) is 1. The number of hydrogen-bond acceptors (Lipinski definition) is 3. The average Bonchev–Trinajstić information content (AvgIpc) is 3.68. The zero-order valence-corrected chi connectivity index (χ0v) is 20.2. The molecule has 1 N–H and O–H groups in total. The molecule has 3 fully saturated rings. The van der Waals surface area contributed by atoms with E-state index in [0.717, 1.165) is 44.9 Å². The van der Waals surface area contributed by atoms with Crippen LogP contribution in [0.2, 0.25) is 0 Å². The summed E-state index contributed by atoms with van der Waals surface area (Å²) in [6.45, 7) is 5.41. The summed E-state index contributed by atoms with van der Waals surface area (Å²) < 4.78 is 0. The highest BCUT2D eigenvalue weighted by atomic mass is 16.2. The molecular formula is C29H37N3O2. The zero-order chi connectivity index (χ0) is 23.5. The van der Waals surface area contributed by atoms with Gasteiger partial charge >= 0.3 is 0 Å². The lowest BCUT2D eigenvalue weighted by Gasteiger charge is -2.40. The second-order valence-corrected chi connectivity index (χ2v) is 10.5. The Morgan fingerprint density at radius 1 is 0.794 bits per heavy atom. The maximum atomic E-state index is 13.2. The molecule has 2 saturated carbocycles. The van der Waals surface area contributed by atoms with E-state index in [4.69, 9.17) is 0 Å². The Kier molecular flexibility index (Phi) is 7.00. The summed E-state index contributed by atoms with van der Waals surface area (Å²) in [5.41, 5.74) is 2.56. The first-order valence-corrected chi connectivity index (χ1v) is 13.0. The van der Waals surface area contributed by atoms with Crippen molar-refractivity contribution in [3.8, 4) is 0 Å². The molecule has 0 radical (unpaired) electrons. The van der Waals surface area contributed by atoms with Gasteiger partial charge in [-0.3, -0.25) is 14.5 Å². The van der Waals surface area contributed by atoms with Crippen molar-refractivity contribution in [3.63, 3.8) is 0 Å². The smallest absolute Gasteiger partial charge is 0.226 e. The predicted octanol–water partition coefficient (Wildman–Crippen LogP) is 4.25. The number of nitrogens with zero attached hydrogens (tertiary/aromatic N) is 2. The molecule has 2 aromatic rings. The van der Waals surface area contributed by atoms with Crippen molar-refractivity contribution >= 4 is 11.8 Å². The van der Waals surface area contributed by atoms with E-state index in [1.807, 2.05) is 4.90 Å². The van der Waals surface area contributed by atoms with E-state index in [-0.39, 0.29) is 29.7 Å². The molecule has 2 aliphatic carbocycles. The first-order valence-electron chi connectivity index (χ1n) is 13.0. The van der Waals surface area contributed by atoms with Crippen molar-refractivity contribution in [2.75, 3.05) is 26.2 Å². The molecule has 2 atom stereocenters. The minimum absolute atomic E-state index is 0.102. The molecular weight excluding hydrogens is 422 g/mol. The minimum atomic E-state index is -0.119. The lowest BCUT2D eigenvalue weighted by Crippen LogP contribution is -2.50. The van der Waals surface area contributed by atoms with Crippen LogP contribution in [0.5, 0.6) is 0 Å². The third-order valence-corrected chi connectivity index (χ3v) is 8.03. The number of carbonyl (C=O) groups excluding carboxylic acids is 2. The number of nitrogens with one attached hydrogen (secondary N) is 1. The predicted molar refractivity (Wildman–Crippen MR) is 134 cm³/mol. The first-order chi connectivity index (χ1) is 16.6. The summed E-state index contributed by atoms with van der Waals surface area (Å²) >= 11 is 0. The molecule has 2 aromatic carbocycles. The summed E-state index contributed by atoms with van der Waals surface area (Å²) in [5, 5.41) is 3.23. The number of benzene rings is 2. The highest BCUT2D eigenvalue weighted by molar-refractivity contribution is 5.92. The Bertz CT molecular complexity index is 924. The van der Waals surface area contributed by atoms with Crippen LogP contribution in [0, 0.1) is 17.8 Å². The van der Waals surface area contributed by atoms with Gasteiger partial charge in [-0.1, -0.05) is 67.6 Å². The molecule has 0 aromatic heterocycles. The Morgan fingerprint density at radius 2 is 1.35 bits per heavy atom. The van der Waals surface area contributed by atoms with Gasteiger partial charge in [0.15, 0.2) is 0 Å². The van der Waals surface area contributed by atoms with Gasteiger partial charge < -0.3 is 10.2 Å². The highest BCUT2D eigenvalue weighted by Crippen LogP contribution is 2.41. The summed E-state index contributed by atoms with van der Waals surface area (Å²) in [4.78, 5) is 30.3. The van der Waals surface area contributed by atoms with Crippen molar-refractivity contribution in [3.05, 3.63) is 71.8 Å². The lowest BCUT2D eigenvalue weighted by molar-refractivity contribution is -0.136. The van der Waals surface area contributed by atoms with Crippen LogP contribution in [-0.4, -0.2) is 53.8 Å². The minimum Gasteiger partial charge on any atom is -0.353 e. The van der Waals surface area contributed by atoms with Crippen LogP contribution in [0.1, 0.15) is 56.2 Å². The lowest BCUT2D eigenvalue weighted by atomic mass is 9.87. The third kappa shape index (κ3) is 5.20. The molecule has 0 unspecified atom stereocenters. The summed E-state index contributed by atoms with van der Waals surface area (Å²) in [6, 6.07) is 21.7. The van der Waals surface area contributed by atoms with Gasteiger partial charge in [-0.25, -0.2) is 0 Å². The van der Waals surface area contributed by atoms with Crippen LogP contribution >= 0.6 is 0 Å². The number of amides is 2. The SMILES string of the molecule is CC1CCC(NC(=O)[C@H]2C[C@@H]2C(=O)N2CCN(C(c3ccccc3)c3ccccc3)CC2)CC1. The van der Waals surface area contributed by atoms with Crippen molar-refractivity contribution < 1.29 is 9.59 Å². The van der Waals surface area contributed by atoms with Gasteiger partial charge in [-0.05, 0) is 49.1 Å². The summed E-state index contributed by atoms with van der Waals surface area (Å²) in [5.74, 6) is 0.808. The van der Waals surface area contributed by atoms with E-state index in [9.17, 15) is 9.59 Å². The van der Waals surface area contributed by atoms with Crippen molar-refractivity contribution in [2.45, 2.75) is 51.1 Å². The van der Waals surface area contributed by atoms with Gasteiger partial charge in [0.25, 0.3) is 0 Å². The fraction of sp³-hybridized carbons (Fsp3) is 0.517. The fourth-order valence-electron chi connectivity index (χ4n) is 5.79. The topological polar surface area (TPSA) is 52.7 Å². The van der Waals surface area contributed by atoms with Crippen LogP contribution in [0.15, 0.2) is 60.7 Å². The molecule has 1 saturated heterocycles. The molecule has 1 aliphatic heterocycles. The van der Waals surface area contributed by atoms with Crippen LogP contribution in [0.4, 0.5) is 0 Å². The summed E-state index contributed by atoms with van der Waals surface area (Å²) in [7, 11) is 0. The van der Waals surface area contributed by atoms with E-state index in [0.29, 0.717) is 12.5 Å². The van der Waals surface area contributed by atoms with Crippen molar-refractivity contribution in [2.24, 2.45) is 17.8 Å². The third-order valence-electron chi connectivity index (χ3n) is 8.03. The molecule has 180 valence electrons. The molecule has 0 spiro atoms. The van der Waals surface area contributed by atoms with E-state index >= 15 is 0 Å². The van der Waals surface area contributed by atoms with E-state index < -0.39 is 0 Å². The van der Waals surface area contributed by atoms with Gasteiger partial charge in [-0.2, -0.15) is 0 Å². The largest absolute Gasteiger partial charge is 0.353 e. The maximum Gasteiger partial charge on any atom is 0.226 e. The Morgan fingerprint density at radius 3 is 1.91 bits per heavy atom. The van der Waals surface area contributed by atoms with Crippen LogP contribution < -0.4 is 5.32 Å². The van der Waals surface area contributed by atoms with E-state index in [1.54, 1.807) is 0 Å². The normalized spacial score (nSPS) is 27.4. The van der Waals surface area contributed by atoms with Crippen molar-refractivity contribution in [1.29, 1.82) is 0 Å². The Labute approximate surface area is 203 Å². The van der Waals surface area contributed by atoms with Gasteiger partial charge in [-0.15, -0.1) is 0 Å². The molecule has 3 aliphatic rings. The second-order valence-electron chi connectivity index (χ2n) is 10.5. The van der Waals surface area contributed by atoms with Gasteiger partial charge in [0.2, 0.25) is 11.8 Å². The molecule has 2 amide bonds. The molecule has 5 heteroatoms. The highest BCUT2D eigenvalue weighted by Gasteiger charge is 2.50. The Hall–Kier alpha value is -2.66. The second kappa shape index (κ2) is 10.3. The fourth-order valence-corrected chi connectivity index (χ4v) is 5.79. The standard InChI is InChI=1S/C29H37N3O2/c1-21-12-14-24(15-13-21)30-28(33)25-20-26(25)29(34)32-18-16-31(17-19-32)27(22-8-4-2-5-9-22)23-10-6-3-7-11-23/h2-11,21,24-27H,12-20H2,1H3,(H,30,33)/t21?,24?,25-,26-/m0/s1.